The van der Waals surface area contributed by atoms with E-state index in [9.17, 15) is 4.79 Å². The Kier molecular flexibility index (Phi) is 25.5. The van der Waals surface area contributed by atoms with E-state index in [4.69, 9.17) is 49.5 Å². The molecule has 1 rings (SSSR count). The normalized spacial score (nSPS) is 11.1. The molecule has 0 heterocycles. The van der Waals surface area contributed by atoms with Gasteiger partial charge in [0.1, 0.15) is 12.4 Å². The predicted octanol–water partition coefficient (Wildman–Crippen LogP) is 3.94. The molecule has 11 heteroatoms. The molecule has 0 unspecified atom stereocenters. The van der Waals surface area contributed by atoms with E-state index in [1.807, 2.05) is 0 Å². The highest BCUT2D eigenvalue weighted by Crippen LogP contribution is 2.15. The number of carbonyl (C=O) groups excluding carboxylic acids is 1. The Morgan fingerprint density at radius 1 is 0.564 bits per heavy atom. The first-order valence-electron chi connectivity index (χ1n) is 13.8. The fourth-order valence-electron chi connectivity index (χ4n) is 3.13. The molecule has 0 saturated carbocycles. The predicted molar refractivity (Wildman–Crippen MR) is 151 cm³/mol. The summed E-state index contributed by atoms with van der Waals surface area (Å²) < 4.78 is 43.9. The summed E-state index contributed by atoms with van der Waals surface area (Å²) >= 11 is 5.64. The molecule has 0 aliphatic carbocycles. The van der Waals surface area contributed by atoms with Crippen LogP contribution in [0, 0.1) is 0 Å². The molecule has 0 aromatic heterocycles. The highest BCUT2D eigenvalue weighted by Gasteiger charge is 1.98. The van der Waals surface area contributed by atoms with E-state index in [-0.39, 0.29) is 5.91 Å². The SMILES string of the molecule is CC(=O)Nc1ccc(OCCOCCOCCOCCOCCOCCOCCOCCCCCCCl)cc1. The molecule has 0 atom stereocenters. The molecule has 1 aromatic rings. The highest BCUT2D eigenvalue weighted by molar-refractivity contribution is 6.17. The molecule has 10 nitrogen and oxygen atoms in total. The smallest absolute Gasteiger partial charge is 0.221 e. The minimum atomic E-state index is -0.104. The molecule has 0 aliphatic rings. The van der Waals surface area contributed by atoms with Crippen molar-refractivity contribution in [3.8, 4) is 5.75 Å². The van der Waals surface area contributed by atoms with Crippen LogP contribution in [0.25, 0.3) is 0 Å². The standard InChI is InChI=1S/C28H48ClNO9/c1-26(31)30-27-6-8-28(9-7-27)39-25-24-38-23-22-37-21-20-36-19-18-35-17-16-34-15-14-33-13-12-32-11-5-3-2-4-10-29/h6-9H,2-5,10-25H2,1H3,(H,30,31). The maximum Gasteiger partial charge on any atom is 0.221 e. The van der Waals surface area contributed by atoms with Gasteiger partial charge in [0, 0.05) is 25.1 Å². The molecule has 226 valence electrons. The van der Waals surface area contributed by atoms with Gasteiger partial charge < -0.3 is 43.2 Å². The second-order valence-electron chi connectivity index (χ2n) is 8.44. The average Bonchev–Trinajstić information content (AvgIpc) is 2.93. The number of unbranched alkanes of at least 4 members (excludes halogenated alkanes) is 3. The van der Waals surface area contributed by atoms with Gasteiger partial charge >= 0.3 is 0 Å². The Morgan fingerprint density at radius 3 is 1.36 bits per heavy atom. The molecule has 1 amide bonds. The van der Waals surface area contributed by atoms with Crippen molar-refractivity contribution < 1.29 is 42.7 Å². The van der Waals surface area contributed by atoms with Gasteiger partial charge in [-0.25, -0.2) is 0 Å². The summed E-state index contributed by atoms with van der Waals surface area (Å²) in [5.41, 5.74) is 0.736. The summed E-state index contributed by atoms with van der Waals surface area (Å²) in [4.78, 5) is 11.0. The summed E-state index contributed by atoms with van der Waals surface area (Å²) in [6.45, 7) is 9.53. The number of nitrogens with one attached hydrogen (secondary N) is 1. The number of benzene rings is 1. The lowest BCUT2D eigenvalue weighted by Crippen LogP contribution is -2.15. The number of carbonyl (C=O) groups is 1. The van der Waals surface area contributed by atoms with Crippen molar-refractivity contribution in [3.05, 3.63) is 24.3 Å². The van der Waals surface area contributed by atoms with Crippen LogP contribution >= 0.6 is 11.6 Å². The average molecular weight is 578 g/mol. The lowest BCUT2D eigenvalue weighted by Gasteiger charge is -2.09. The summed E-state index contributed by atoms with van der Waals surface area (Å²) in [5.74, 6) is 1.36. The van der Waals surface area contributed by atoms with Crippen LogP contribution in [0.2, 0.25) is 0 Å². The third-order valence-corrected chi connectivity index (χ3v) is 5.34. The molecule has 0 bridgehead atoms. The number of halogens is 1. The number of rotatable bonds is 29. The summed E-state index contributed by atoms with van der Waals surface area (Å²) in [6, 6.07) is 7.19. The molecule has 1 aromatic carbocycles. The van der Waals surface area contributed by atoms with E-state index < -0.39 is 0 Å². The number of hydrogen-bond donors (Lipinski definition) is 1. The second kappa shape index (κ2) is 28.0. The quantitative estimate of drug-likeness (QED) is 0.112. The van der Waals surface area contributed by atoms with Crippen molar-refractivity contribution in [3.63, 3.8) is 0 Å². The van der Waals surface area contributed by atoms with Gasteiger partial charge in [0.05, 0.1) is 85.9 Å². The lowest BCUT2D eigenvalue weighted by atomic mass is 10.2. The minimum Gasteiger partial charge on any atom is -0.491 e. The van der Waals surface area contributed by atoms with Gasteiger partial charge in [-0.15, -0.1) is 11.6 Å². The third kappa shape index (κ3) is 25.2. The Balaban J connectivity index is 1.70. The van der Waals surface area contributed by atoms with Gasteiger partial charge in [-0.1, -0.05) is 12.8 Å². The van der Waals surface area contributed by atoms with Crippen LogP contribution in [0.4, 0.5) is 5.69 Å². The molecular weight excluding hydrogens is 530 g/mol. The largest absolute Gasteiger partial charge is 0.491 e. The van der Waals surface area contributed by atoms with E-state index in [1.54, 1.807) is 24.3 Å². The number of alkyl halides is 1. The molecule has 1 N–H and O–H groups in total. The summed E-state index contributed by atoms with van der Waals surface area (Å²) in [6.07, 6.45) is 4.50. The molecule has 0 saturated heterocycles. The zero-order valence-corrected chi connectivity index (χ0v) is 24.3. The van der Waals surface area contributed by atoms with Gasteiger partial charge in [0.25, 0.3) is 0 Å². The van der Waals surface area contributed by atoms with Crippen molar-refractivity contribution in [2.45, 2.75) is 32.6 Å². The number of amides is 1. The maximum absolute atomic E-state index is 11.0. The van der Waals surface area contributed by atoms with E-state index in [0.717, 1.165) is 36.8 Å². The zero-order valence-electron chi connectivity index (χ0n) is 23.5. The molecule has 0 aliphatic heterocycles. The van der Waals surface area contributed by atoms with Crippen LogP contribution in [0.15, 0.2) is 24.3 Å². The van der Waals surface area contributed by atoms with Crippen molar-refractivity contribution in [2.75, 3.05) is 110 Å². The van der Waals surface area contributed by atoms with E-state index in [0.29, 0.717) is 92.5 Å². The van der Waals surface area contributed by atoms with Crippen molar-refractivity contribution >= 4 is 23.2 Å². The van der Waals surface area contributed by atoms with Crippen molar-refractivity contribution in [1.29, 1.82) is 0 Å². The van der Waals surface area contributed by atoms with Gasteiger partial charge in [-0.3, -0.25) is 4.79 Å². The summed E-state index contributed by atoms with van der Waals surface area (Å²) in [5, 5.41) is 2.71. The van der Waals surface area contributed by atoms with Gasteiger partial charge in [-0.05, 0) is 37.1 Å². The Labute approximate surface area is 238 Å². The second-order valence-corrected chi connectivity index (χ2v) is 8.82. The minimum absolute atomic E-state index is 0.104. The van der Waals surface area contributed by atoms with E-state index >= 15 is 0 Å². The van der Waals surface area contributed by atoms with Crippen LogP contribution in [0.5, 0.6) is 5.75 Å². The first-order chi connectivity index (χ1) is 19.2. The van der Waals surface area contributed by atoms with Crippen LogP contribution in [0.1, 0.15) is 32.6 Å². The van der Waals surface area contributed by atoms with Crippen LogP contribution in [0.3, 0.4) is 0 Å². The van der Waals surface area contributed by atoms with Crippen LogP contribution in [-0.2, 0) is 38.0 Å². The van der Waals surface area contributed by atoms with Gasteiger partial charge in [0.15, 0.2) is 0 Å². The molecule has 0 radical (unpaired) electrons. The van der Waals surface area contributed by atoms with Crippen LogP contribution < -0.4 is 10.1 Å². The number of ether oxygens (including phenoxy) is 8. The molecular formula is C28H48ClNO9. The number of hydrogen-bond acceptors (Lipinski definition) is 9. The molecule has 0 fully saturated rings. The topological polar surface area (TPSA) is 103 Å². The monoisotopic (exact) mass is 577 g/mol. The molecule has 39 heavy (non-hydrogen) atoms. The van der Waals surface area contributed by atoms with Crippen LogP contribution in [-0.4, -0.2) is 111 Å². The Bertz CT molecular complexity index is 667. The summed E-state index contributed by atoms with van der Waals surface area (Å²) in [7, 11) is 0. The number of anilines is 1. The lowest BCUT2D eigenvalue weighted by molar-refractivity contribution is -0.114. The van der Waals surface area contributed by atoms with Crippen molar-refractivity contribution in [2.24, 2.45) is 0 Å². The van der Waals surface area contributed by atoms with Crippen molar-refractivity contribution in [1.82, 2.24) is 0 Å². The highest BCUT2D eigenvalue weighted by atomic mass is 35.5. The van der Waals surface area contributed by atoms with Gasteiger partial charge in [0.2, 0.25) is 5.91 Å². The molecule has 0 spiro atoms. The fourth-order valence-corrected chi connectivity index (χ4v) is 3.32. The fraction of sp³-hybridized carbons (Fsp3) is 0.750. The van der Waals surface area contributed by atoms with Gasteiger partial charge in [-0.2, -0.15) is 0 Å². The van der Waals surface area contributed by atoms with E-state index in [1.165, 1.54) is 19.8 Å². The third-order valence-electron chi connectivity index (χ3n) is 5.08. The maximum atomic E-state index is 11.0. The Hall–Kier alpha value is -1.50. The first-order valence-corrected chi connectivity index (χ1v) is 14.4. The van der Waals surface area contributed by atoms with E-state index in [2.05, 4.69) is 5.32 Å². The zero-order chi connectivity index (χ0) is 28.1. The Morgan fingerprint density at radius 2 is 0.949 bits per heavy atom. The first kappa shape index (κ1) is 35.5.